The normalized spacial score (nSPS) is 10.1. The minimum atomic E-state index is 0.332. The van der Waals surface area contributed by atoms with Gasteiger partial charge in [-0.1, -0.05) is 17.7 Å². The van der Waals surface area contributed by atoms with Crippen LogP contribution in [0.15, 0.2) is 23.7 Å². The second kappa shape index (κ2) is 5.11. The molecule has 4 N–H and O–H groups in total. The van der Waals surface area contributed by atoms with Crippen LogP contribution in [-0.4, -0.2) is 9.97 Å². The van der Waals surface area contributed by atoms with Gasteiger partial charge in [-0.2, -0.15) is 4.98 Å². The molecule has 0 amide bonds. The number of rotatable bonds is 4. The molecule has 0 aliphatic heterocycles. The largest absolute Gasteiger partial charge is 0.364 e. The van der Waals surface area contributed by atoms with Crippen LogP contribution in [0.1, 0.15) is 4.88 Å². The van der Waals surface area contributed by atoms with Gasteiger partial charge < -0.3 is 5.32 Å². The number of aromatic nitrogens is 2. The number of nitrogen functional groups attached to an aromatic ring is 1. The van der Waals surface area contributed by atoms with Gasteiger partial charge in [0.2, 0.25) is 5.95 Å². The molecule has 84 valence electrons. The van der Waals surface area contributed by atoms with Crippen molar-refractivity contribution in [3.63, 3.8) is 0 Å². The van der Waals surface area contributed by atoms with Crippen LogP contribution in [-0.2, 0) is 6.54 Å². The fourth-order valence-electron chi connectivity index (χ4n) is 1.14. The molecule has 0 radical (unpaired) electrons. The van der Waals surface area contributed by atoms with Gasteiger partial charge in [0, 0.05) is 4.88 Å². The summed E-state index contributed by atoms with van der Waals surface area (Å²) in [5.41, 5.74) is 2.37. The van der Waals surface area contributed by atoms with Crippen molar-refractivity contribution in [3.05, 3.63) is 33.6 Å². The molecule has 2 aromatic rings. The molecule has 0 atom stereocenters. The minimum Gasteiger partial charge on any atom is -0.364 e. The highest BCUT2D eigenvalue weighted by molar-refractivity contribution is 7.09. The molecule has 2 rings (SSSR count). The van der Waals surface area contributed by atoms with Gasteiger partial charge in [-0.3, -0.25) is 5.43 Å². The number of nitrogens with zero attached hydrogens (tertiary/aromatic N) is 2. The van der Waals surface area contributed by atoms with Crippen molar-refractivity contribution in [2.75, 3.05) is 10.7 Å². The van der Waals surface area contributed by atoms with E-state index in [1.165, 1.54) is 11.1 Å². The quantitative estimate of drug-likeness (QED) is 0.576. The lowest BCUT2D eigenvalue weighted by Gasteiger charge is -2.07. The number of thiophene rings is 1. The Hall–Kier alpha value is -1.37. The van der Waals surface area contributed by atoms with Gasteiger partial charge in [0.25, 0.3) is 0 Å². The second-order valence-electron chi connectivity index (χ2n) is 2.97. The Morgan fingerprint density at radius 3 is 3.06 bits per heavy atom. The molecule has 2 heterocycles. The van der Waals surface area contributed by atoms with E-state index in [-0.39, 0.29) is 0 Å². The first-order valence-electron chi connectivity index (χ1n) is 4.55. The first kappa shape index (κ1) is 11.1. The maximum Gasteiger partial charge on any atom is 0.239 e. The van der Waals surface area contributed by atoms with Gasteiger partial charge in [0.05, 0.1) is 12.7 Å². The second-order valence-corrected chi connectivity index (χ2v) is 4.41. The van der Waals surface area contributed by atoms with Crippen LogP contribution in [0.2, 0.25) is 5.02 Å². The number of hydrogen-bond acceptors (Lipinski definition) is 6. The molecule has 0 bridgehead atoms. The van der Waals surface area contributed by atoms with Crippen molar-refractivity contribution >= 4 is 34.7 Å². The first-order valence-corrected chi connectivity index (χ1v) is 5.81. The lowest BCUT2D eigenvalue weighted by Crippen LogP contribution is -2.12. The number of nitrogens with one attached hydrogen (secondary N) is 2. The molecule has 0 saturated heterocycles. The SMILES string of the molecule is NNc1ncc(Cl)c(NCc2cccs2)n1. The zero-order valence-corrected chi connectivity index (χ0v) is 9.85. The number of anilines is 2. The van der Waals surface area contributed by atoms with Gasteiger partial charge >= 0.3 is 0 Å². The molecule has 0 aliphatic carbocycles. The summed E-state index contributed by atoms with van der Waals surface area (Å²) in [7, 11) is 0. The van der Waals surface area contributed by atoms with Crippen molar-refractivity contribution in [1.82, 2.24) is 9.97 Å². The smallest absolute Gasteiger partial charge is 0.239 e. The molecule has 2 aromatic heterocycles. The molecular formula is C9H10ClN5S. The Bertz CT molecular complexity index is 459. The summed E-state index contributed by atoms with van der Waals surface area (Å²) in [5.74, 6) is 6.11. The van der Waals surface area contributed by atoms with Crippen LogP contribution < -0.4 is 16.6 Å². The van der Waals surface area contributed by atoms with Crippen molar-refractivity contribution < 1.29 is 0 Å². The molecule has 0 saturated carbocycles. The topological polar surface area (TPSA) is 75.9 Å². The molecule has 7 heteroatoms. The highest BCUT2D eigenvalue weighted by atomic mass is 35.5. The van der Waals surface area contributed by atoms with E-state index in [4.69, 9.17) is 17.4 Å². The van der Waals surface area contributed by atoms with E-state index in [0.717, 1.165) is 0 Å². The molecule has 0 spiro atoms. The van der Waals surface area contributed by atoms with Crippen LogP contribution in [0.4, 0.5) is 11.8 Å². The maximum atomic E-state index is 5.94. The highest BCUT2D eigenvalue weighted by Gasteiger charge is 2.04. The van der Waals surface area contributed by atoms with Crippen LogP contribution in [0.5, 0.6) is 0 Å². The summed E-state index contributed by atoms with van der Waals surface area (Å²) in [4.78, 5) is 9.20. The Balaban J connectivity index is 2.08. The molecular weight excluding hydrogens is 246 g/mol. The van der Waals surface area contributed by atoms with Crippen molar-refractivity contribution in [3.8, 4) is 0 Å². The van der Waals surface area contributed by atoms with Crippen molar-refractivity contribution in [1.29, 1.82) is 0 Å². The number of halogens is 1. The summed E-state index contributed by atoms with van der Waals surface area (Å²) < 4.78 is 0. The van der Waals surface area contributed by atoms with E-state index in [0.29, 0.717) is 23.3 Å². The maximum absolute atomic E-state index is 5.94. The van der Waals surface area contributed by atoms with Crippen LogP contribution in [0.3, 0.4) is 0 Å². The molecule has 5 nitrogen and oxygen atoms in total. The molecule has 0 aromatic carbocycles. The summed E-state index contributed by atoms with van der Waals surface area (Å²) in [6.45, 7) is 0.679. The zero-order chi connectivity index (χ0) is 11.4. The summed E-state index contributed by atoms with van der Waals surface area (Å²) in [6.07, 6.45) is 1.50. The fraction of sp³-hybridized carbons (Fsp3) is 0.111. The highest BCUT2D eigenvalue weighted by Crippen LogP contribution is 2.20. The average molecular weight is 256 g/mol. The van der Waals surface area contributed by atoms with Gasteiger partial charge in [0.15, 0.2) is 5.82 Å². The average Bonchev–Trinajstić information content (AvgIpc) is 2.81. The third-order valence-corrected chi connectivity index (χ3v) is 3.04. The van der Waals surface area contributed by atoms with E-state index in [2.05, 4.69) is 20.7 Å². The van der Waals surface area contributed by atoms with Crippen LogP contribution in [0, 0.1) is 0 Å². The molecule has 0 aliphatic rings. The monoisotopic (exact) mass is 255 g/mol. The minimum absolute atomic E-state index is 0.332. The Morgan fingerprint density at radius 1 is 1.50 bits per heavy atom. The van der Waals surface area contributed by atoms with Gasteiger partial charge in [0.1, 0.15) is 5.02 Å². The van der Waals surface area contributed by atoms with E-state index in [1.54, 1.807) is 11.3 Å². The first-order chi connectivity index (χ1) is 7.79. The molecule has 16 heavy (non-hydrogen) atoms. The zero-order valence-electron chi connectivity index (χ0n) is 8.27. The number of hydrogen-bond donors (Lipinski definition) is 3. The Kier molecular flexibility index (Phi) is 3.55. The summed E-state index contributed by atoms with van der Waals surface area (Å²) in [5, 5.41) is 5.61. The summed E-state index contributed by atoms with van der Waals surface area (Å²) >= 11 is 7.61. The number of hydrazine groups is 1. The van der Waals surface area contributed by atoms with Crippen molar-refractivity contribution in [2.24, 2.45) is 5.84 Å². The molecule has 0 fully saturated rings. The predicted molar refractivity (Wildman–Crippen MR) is 66.5 cm³/mol. The lowest BCUT2D eigenvalue weighted by molar-refractivity contribution is 1.08. The van der Waals surface area contributed by atoms with Gasteiger partial charge in [-0.15, -0.1) is 11.3 Å². The van der Waals surface area contributed by atoms with Gasteiger partial charge in [-0.25, -0.2) is 10.8 Å². The third kappa shape index (κ3) is 2.60. The number of nitrogens with two attached hydrogens (primary N) is 1. The van der Waals surface area contributed by atoms with Crippen LogP contribution >= 0.6 is 22.9 Å². The molecule has 0 unspecified atom stereocenters. The third-order valence-electron chi connectivity index (χ3n) is 1.88. The Labute approximate surface area is 102 Å². The van der Waals surface area contributed by atoms with Crippen molar-refractivity contribution in [2.45, 2.75) is 6.54 Å². The van der Waals surface area contributed by atoms with E-state index in [1.807, 2.05) is 17.5 Å². The van der Waals surface area contributed by atoms with E-state index >= 15 is 0 Å². The predicted octanol–water partition coefficient (Wildman–Crippen LogP) is 2.09. The lowest BCUT2D eigenvalue weighted by atomic mass is 10.4. The van der Waals surface area contributed by atoms with E-state index < -0.39 is 0 Å². The standard InChI is InChI=1S/C9H10ClN5S/c10-7-5-13-9(15-11)14-8(7)12-4-6-2-1-3-16-6/h1-3,5H,4,11H2,(H2,12,13,14,15). The Morgan fingerprint density at radius 2 is 2.38 bits per heavy atom. The fourth-order valence-corrected chi connectivity index (χ4v) is 1.95. The summed E-state index contributed by atoms with van der Waals surface area (Å²) in [6, 6.07) is 4.03. The van der Waals surface area contributed by atoms with Gasteiger partial charge in [-0.05, 0) is 11.4 Å². The van der Waals surface area contributed by atoms with E-state index in [9.17, 15) is 0 Å². The van der Waals surface area contributed by atoms with Crippen LogP contribution in [0.25, 0.3) is 0 Å².